The lowest BCUT2D eigenvalue weighted by Gasteiger charge is -2.42. The topological polar surface area (TPSA) is 9.23 Å². The van der Waals surface area contributed by atoms with Gasteiger partial charge in [0.1, 0.15) is 24.5 Å². The van der Waals surface area contributed by atoms with Gasteiger partial charge in [-0.15, -0.1) is 0 Å². The third kappa shape index (κ3) is 3.00. The average molecular weight is 306 g/mol. The Kier molecular flexibility index (Phi) is 4.75. The Labute approximate surface area is 138 Å². The van der Waals surface area contributed by atoms with Gasteiger partial charge in [0.2, 0.25) is 0 Å². The number of allylic oxidation sites excluding steroid dienone is 2. The van der Waals surface area contributed by atoms with Crippen LogP contribution in [-0.2, 0) is 4.74 Å². The van der Waals surface area contributed by atoms with Crippen molar-refractivity contribution >= 4 is 11.3 Å². The molecule has 3 rings (SSSR count). The number of rotatable bonds is 5. The molecule has 2 atom stereocenters. The molecule has 2 nitrogen and oxygen atoms in total. The van der Waals surface area contributed by atoms with Gasteiger partial charge in [-0.25, -0.2) is 0 Å². The molecule has 118 valence electrons. The van der Waals surface area contributed by atoms with Crippen LogP contribution in [0.1, 0.15) is 12.5 Å². The van der Waals surface area contributed by atoms with E-state index < -0.39 is 0 Å². The Bertz CT molecular complexity index is 690. The van der Waals surface area contributed by atoms with Crippen molar-refractivity contribution in [2.24, 2.45) is 0 Å². The first kappa shape index (κ1) is 15.7. The molecule has 1 aliphatic rings. The zero-order valence-corrected chi connectivity index (χ0v) is 13.9. The maximum atomic E-state index is 5.41. The van der Waals surface area contributed by atoms with Crippen LogP contribution in [0.25, 0.3) is 5.57 Å². The SMILES string of the molecule is COCC[N+]1(c2ccccc2)C=CC=C(c2ccccc2)C1C. The van der Waals surface area contributed by atoms with Crippen molar-refractivity contribution in [1.82, 2.24) is 4.48 Å². The number of quaternary nitrogens is 1. The van der Waals surface area contributed by atoms with Crippen molar-refractivity contribution in [3.8, 4) is 0 Å². The number of hydrogen-bond donors (Lipinski definition) is 0. The Balaban J connectivity index is 2.04. The fraction of sp³-hybridized carbons (Fsp3) is 0.238. The normalized spacial score (nSPS) is 23.6. The minimum Gasteiger partial charge on any atom is -0.379 e. The van der Waals surface area contributed by atoms with Gasteiger partial charge in [-0.05, 0) is 36.8 Å². The summed E-state index contributed by atoms with van der Waals surface area (Å²) in [7, 11) is 1.77. The van der Waals surface area contributed by atoms with Gasteiger partial charge in [0.15, 0.2) is 0 Å². The van der Waals surface area contributed by atoms with Gasteiger partial charge in [0.05, 0.1) is 6.61 Å². The molecule has 0 saturated carbocycles. The summed E-state index contributed by atoms with van der Waals surface area (Å²) in [5.41, 5.74) is 3.96. The Morgan fingerprint density at radius 3 is 2.26 bits per heavy atom. The van der Waals surface area contributed by atoms with Gasteiger partial charge in [-0.2, -0.15) is 0 Å². The number of methoxy groups -OCH3 is 1. The fourth-order valence-corrected chi connectivity index (χ4v) is 3.44. The van der Waals surface area contributed by atoms with E-state index in [0.29, 0.717) is 6.04 Å². The molecule has 2 aromatic carbocycles. The quantitative estimate of drug-likeness (QED) is 0.731. The van der Waals surface area contributed by atoms with Crippen LogP contribution >= 0.6 is 0 Å². The van der Waals surface area contributed by atoms with Crippen molar-refractivity contribution in [2.45, 2.75) is 13.0 Å². The zero-order valence-electron chi connectivity index (χ0n) is 13.9. The lowest BCUT2D eigenvalue weighted by Crippen LogP contribution is -2.54. The van der Waals surface area contributed by atoms with Crippen LogP contribution in [0.3, 0.4) is 0 Å². The first-order valence-electron chi connectivity index (χ1n) is 8.15. The smallest absolute Gasteiger partial charge is 0.137 e. The standard InChI is InChI=1S/C21H24NO/c1-18-21(19-10-5-3-6-11-19)14-9-15-22(18,16-17-23-2)20-12-7-4-8-13-20/h3-15,18H,16-17H2,1-2H3/q+1. The van der Waals surface area contributed by atoms with E-state index in [2.05, 4.69) is 85.9 Å². The zero-order chi connectivity index (χ0) is 16.1. The van der Waals surface area contributed by atoms with E-state index in [0.717, 1.165) is 17.6 Å². The molecule has 0 bridgehead atoms. The minimum atomic E-state index is 0.333. The van der Waals surface area contributed by atoms with Crippen LogP contribution in [0.2, 0.25) is 0 Å². The molecule has 0 fully saturated rings. The first-order valence-corrected chi connectivity index (χ1v) is 8.15. The molecule has 0 aromatic heterocycles. The van der Waals surface area contributed by atoms with Gasteiger partial charge in [-0.3, -0.25) is 4.48 Å². The summed E-state index contributed by atoms with van der Waals surface area (Å²) in [5.74, 6) is 0. The second-order valence-corrected chi connectivity index (χ2v) is 5.99. The largest absolute Gasteiger partial charge is 0.379 e. The fourth-order valence-electron chi connectivity index (χ4n) is 3.44. The van der Waals surface area contributed by atoms with Crippen LogP contribution in [0.15, 0.2) is 79.0 Å². The molecular formula is C21H24NO+. The van der Waals surface area contributed by atoms with Crippen LogP contribution in [0.5, 0.6) is 0 Å². The van der Waals surface area contributed by atoms with Crippen LogP contribution < -0.4 is 4.48 Å². The van der Waals surface area contributed by atoms with Crippen molar-refractivity contribution in [3.05, 3.63) is 84.6 Å². The van der Waals surface area contributed by atoms with E-state index in [1.807, 2.05) is 0 Å². The maximum absolute atomic E-state index is 5.41. The Morgan fingerprint density at radius 2 is 1.61 bits per heavy atom. The lowest BCUT2D eigenvalue weighted by atomic mass is 9.93. The molecule has 0 saturated heterocycles. The monoisotopic (exact) mass is 306 g/mol. The summed E-state index contributed by atoms with van der Waals surface area (Å²) in [6.07, 6.45) is 6.72. The van der Waals surface area contributed by atoms with Gasteiger partial charge >= 0.3 is 0 Å². The molecule has 0 amide bonds. The minimum absolute atomic E-state index is 0.333. The Morgan fingerprint density at radius 1 is 0.957 bits per heavy atom. The molecule has 2 heteroatoms. The summed E-state index contributed by atoms with van der Waals surface area (Å²) < 4.78 is 6.20. The summed E-state index contributed by atoms with van der Waals surface area (Å²) in [6, 6.07) is 21.7. The third-order valence-corrected chi connectivity index (χ3v) is 4.78. The molecule has 2 aromatic rings. The van der Waals surface area contributed by atoms with Crippen LogP contribution in [0.4, 0.5) is 5.69 Å². The van der Waals surface area contributed by atoms with E-state index in [-0.39, 0.29) is 0 Å². The summed E-state index contributed by atoms with van der Waals surface area (Å²) in [5, 5.41) is 0. The molecular weight excluding hydrogens is 282 g/mol. The number of hydrogen-bond acceptors (Lipinski definition) is 1. The van der Waals surface area contributed by atoms with Crippen molar-refractivity contribution < 1.29 is 4.74 Å². The lowest BCUT2D eigenvalue weighted by molar-refractivity contribution is 0.164. The van der Waals surface area contributed by atoms with Gasteiger partial charge in [0.25, 0.3) is 0 Å². The number of nitrogens with zero attached hydrogens (tertiary/aromatic N) is 1. The van der Waals surface area contributed by atoms with Crippen molar-refractivity contribution in [1.29, 1.82) is 0 Å². The highest BCUT2D eigenvalue weighted by molar-refractivity contribution is 5.75. The van der Waals surface area contributed by atoms with E-state index in [9.17, 15) is 0 Å². The summed E-state index contributed by atoms with van der Waals surface area (Å²) in [6.45, 7) is 3.96. The van der Waals surface area contributed by atoms with Crippen LogP contribution in [-0.4, -0.2) is 26.3 Å². The van der Waals surface area contributed by atoms with Crippen LogP contribution in [0, 0.1) is 0 Å². The summed E-state index contributed by atoms with van der Waals surface area (Å²) >= 11 is 0. The number of para-hydroxylation sites is 1. The molecule has 0 N–H and O–H groups in total. The number of benzene rings is 2. The van der Waals surface area contributed by atoms with E-state index in [1.165, 1.54) is 16.8 Å². The highest BCUT2D eigenvalue weighted by atomic mass is 16.5. The second kappa shape index (κ2) is 6.95. The molecule has 1 aliphatic heterocycles. The van der Waals surface area contributed by atoms with E-state index in [4.69, 9.17) is 4.74 Å². The molecule has 23 heavy (non-hydrogen) atoms. The highest BCUT2D eigenvalue weighted by Gasteiger charge is 2.38. The van der Waals surface area contributed by atoms with Gasteiger partial charge < -0.3 is 4.74 Å². The predicted molar refractivity (Wildman–Crippen MR) is 98.0 cm³/mol. The Hall–Kier alpha value is -2.16. The van der Waals surface area contributed by atoms with E-state index >= 15 is 0 Å². The molecule has 0 aliphatic carbocycles. The van der Waals surface area contributed by atoms with Gasteiger partial charge in [-0.1, -0.05) is 48.5 Å². The van der Waals surface area contributed by atoms with Crippen molar-refractivity contribution in [2.75, 3.05) is 20.3 Å². The molecule has 0 radical (unpaired) electrons. The summed E-state index contributed by atoms with van der Waals surface area (Å²) in [4.78, 5) is 0. The molecule has 0 spiro atoms. The molecule has 1 heterocycles. The van der Waals surface area contributed by atoms with Gasteiger partial charge in [0, 0.05) is 12.7 Å². The maximum Gasteiger partial charge on any atom is 0.137 e. The second-order valence-electron chi connectivity index (χ2n) is 5.99. The highest BCUT2D eigenvalue weighted by Crippen LogP contribution is 2.36. The average Bonchev–Trinajstić information content (AvgIpc) is 2.62. The first-order chi connectivity index (χ1) is 11.3. The third-order valence-electron chi connectivity index (χ3n) is 4.78. The molecule has 2 unspecified atom stereocenters. The predicted octanol–water partition coefficient (Wildman–Crippen LogP) is 4.64. The number of ether oxygens (including phenoxy) is 1. The van der Waals surface area contributed by atoms with Crippen molar-refractivity contribution in [3.63, 3.8) is 0 Å². The van der Waals surface area contributed by atoms with E-state index in [1.54, 1.807) is 7.11 Å².